The zero-order chi connectivity index (χ0) is 19.6. The highest BCUT2D eigenvalue weighted by atomic mass is 32.2. The lowest BCUT2D eigenvalue weighted by molar-refractivity contribution is 0.664. The van der Waals surface area contributed by atoms with Gasteiger partial charge >= 0.3 is 5.69 Å². The predicted octanol–water partition coefficient (Wildman–Crippen LogP) is 2.80. The minimum absolute atomic E-state index is 0.0409. The molecule has 0 spiro atoms. The zero-order valence-electron chi connectivity index (χ0n) is 15.7. The van der Waals surface area contributed by atoms with Crippen LogP contribution in [0.3, 0.4) is 0 Å². The molecule has 0 amide bonds. The Morgan fingerprint density at radius 3 is 2.59 bits per heavy atom. The van der Waals surface area contributed by atoms with Gasteiger partial charge in [0.05, 0.1) is 6.54 Å². The van der Waals surface area contributed by atoms with E-state index in [0.29, 0.717) is 29.9 Å². The predicted molar refractivity (Wildman–Crippen MR) is 107 cm³/mol. The number of hydrogen-bond donors (Lipinski definition) is 3. The maximum absolute atomic E-state index is 12.8. The maximum atomic E-state index is 12.8. The van der Waals surface area contributed by atoms with Gasteiger partial charge in [0.1, 0.15) is 15.2 Å². The third kappa shape index (κ3) is 4.02. The van der Waals surface area contributed by atoms with E-state index in [9.17, 15) is 9.00 Å². The fourth-order valence-electron chi connectivity index (χ4n) is 2.83. The lowest BCUT2D eigenvalue weighted by Crippen LogP contribution is -2.18. The van der Waals surface area contributed by atoms with Gasteiger partial charge < -0.3 is 10.3 Å². The smallest absolute Gasteiger partial charge is 0.328 e. The molecule has 2 heterocycles. The second-order valence-corrected chi connectivity index (χ2v) is 8.86. The summed E-state index contributed by atoms with van der Waals surface area (Å²) in [6.07, 6.45) is 0.584. The first-order valence-corrected chi connectivity index (χ1v) is 10.6. The highest BCUT2D eigenvalue weighted by Gasteiger charge is 2.21. The topological polar surface area (TPSA) is 117 Å². The van der Waals surface area contributed by atoms with E-state index in [4.69, 9.17) is 4.78 Å². The van der Waals surface area contributed by atoms with Gasteiger partial charge in [-0.15, -0.1) is 0 Å². The van der Waals surface area contributed by atoms with Gasteiger partial charge in [-0.05, 0) is 25.8 Å². The van der Waals surface area contributed by atoms with Gasteiger partial charge in [-0.2, -0.15) is 4.98 Å². The second-order valence-electron chi connectivity index (χ2n) is 6.73. The monoisotopic (exact) mass is 388 g/mol. The molecule has 0 aliphatic rings. The Kier molecular flexibility index (Phi) is 5.31. The number of imidazole rings is 1. The molecule has 3 rings (SSSR count). The van der Waals surface area contributed by atoms with Crippen molar-refractivity contribution in [2.75, 3.05) is 11.1 Å². The number of benzene rings is 1. The van der Waals surface area contributed by atoms with E-state index in [1.807, 2.05) is 51.1 Å². The molecule has 1 aromatic carbocycles. The molecule has 1 unspecified atom stereocenters. The van der Waals surface area contributed by atoms with E-state index in [0.717, 1.165) is 5.56 Å². The van der Waals surface area contributed by atoms with Crippen LogP contribution in [0, 0.1) is 4.78 Å². The quantitative estimate of drug-likeness (QED) is 0.538. The molecule has 2 aromatic heterocycles. The van der Waals surface area contributed by atoms with E-state index >= 15 is 0 Å². The number of anilines is 1. The number of H-pyrrole nitrogens is 1. The van der Waals surface area contributed by atoms with E-state index in [1.54, 1.807) is 0 Å². The number of rotatable bonds is 7. The van der Waals surface area contributed by atoms with Crippen molar-refractivity contribution in [2.45, 2.75) is 44.9 Å². The molecule has 0 aliphatic heterocycles. The fraction of sp³-hybridized carbons (Fsp3) is 0.389. The molecular formula is C18H24N6O2S. The summed E-state index contributed by atoms with van der Waals surface area (Å²) in [5.41, 5.74) is 1.44. The molecular weight excluding hydrogens is 364 g/mol. The van der Waals surface area contributed by atoms with Crippen molar-refractivity contribution in [1.82, 2.24) is 19.5 Å². The molecule has 0 aliphatic carbocycles. The molecule has 0 bridgehead atoms. The highest BCUT2D eigenvalue weighted by molar-refractivity contribution is 7.92. The zero-order valence-corrected chi connectivity index (χ0v) is 16.5. The van der Waals surface area contributed by atoms with Gasteiger partial charge in [0, 0.05) is 11.8 Å². The van der Waals surface area contributed by atoms with E-state index < -0.39 is 9.73 Å². The fourth-order valence-corrected chi connectivity index (χ4v) is 4.06. The van der Waals surface area contributed by atoms with Crippen LogP contribution in [0.25, 0.3) is 11.2 Å². The van der Waals surface area contributed by atoms with E-state index in [2.05, 4.69) is 20.3 Å². The van der Waals surface area contributed by atoms with Crippen molar-refractivity contribution in [2.24, 2.45) is 0 Å². The standard InChI is InChI=1S/C18H24N6O2S/c1-4-10-27(19,26)17-22-15(20-12(2)3)14-16(23-17)24(18(25)21-14)11-13-8-6-5-7-9-13/h5-9,12,19H,4,10-11H2,1-3H3,(H,21,25)(H,20,22,23). The van der Waals surface area contributed by atoms with Crippen LogP contribution in [-0.2, 0) is 16.3 Å². The van der Waals surface area contributed by atoms with E-state index in [-0.39, 0.29) is 22.6 Å². The number of nitrogens with one attached hydrogen (secondary N) is 3. The minimum atomic E-state index is -3.13. The van der Waals surface area contributed by atoms with Crippen molar-refractivity contribution in [1.29, 1.82) is 4.78 Å². The Morgan fingerprint density at radius 1 is 1.26 bits per heavy atom. The third-order valence-electron chi connectivity index (χ3n) is 4.00. The van der Waals surface area contributed by atoms with Gasteiger partial charge in [0.15, 0.2) is 11.5 Å². The second kappa shape index (κ2) is 7.51. The molecule has 1 atom stereocenters. The maximum Gasteiger partial charge on any atom is 0.328 e. The van der Waals surface area contributed by atoms with Crippen LogP contribution in [0.4, 0.5) is 5.82 Å². The number of hydrogen-bond acceptors (Lipinski definition) is 6. The Balaban J connectivity index is 2.22. The molecule has 3 aromatic rings. The van der Waals surface area contributed by atoms with Gasteiger partial charge in [-0.25, -0.2) is 18.8 Å². The molecule has 0 saturated heterocycles. The van der Waals surface area contributed by atoms with Crippen LogP contribution in [0.5, 0.6) is 0 Å². The average molecular weight is 388 g/mol. The first-order valence-electron chi connectivity index (χ1n) is 8.89. The normalized spacial score (nSPS) is 13.8. The van der Waals surface area contributed by atoms with Crippen LogP contribution < -0.4 is 11.0 Å². The van der Waals surface area contributed by atoms with Crippen LogP contribution >= 0.6 is 0 Å². The molecule has 144 valence electrons. The summed E-state index contributed by atoms with van der Waals surface area (Å²) in [5, 5.41) is 3.12. The van der Waals surface area contributed by atoms with Gasteiger partial charge in [0.2, 0.25) is 5.16 Å². The van der Waals surface area contributed by atoms with Crippen molar-refractivity contribution in [3.63, 3.8) is 0 Å². The minimum Gasteiger partial charge on any atom is -0.366 e. The van der Waals surface area contributed by atoms with Gasteiger partial charge in [-0.3, -0.25) is 4.57 Å². The highest BCUT2D eigenvalue weighted by Crippen LogP contribution is 2.22. The lowest BCUT2D eigenvalue weighted by Gasteiger charge is -2.13. The Bertz CT molecular complexity index is 1100. The Labute approximate surface area is 158 Å². The number of aromatic nitrogens is 4. The molecule has 0 radical (unpaired) electrons. The van der Waals surface area contributed by atoms with Crippen molar-refractivity contribution in [3.8, 4) is 0 Å². The summed E-state index contributed by atoms with van der Waals surface area (Å²) in [6, 6.07) is 9.60. The van der Waals surface area contributed by atoms with E-state index in [1.165, 1.54) is 4.57 Å². The first kappa shape index (κ1) is 19.1. The van der Waals surface area contributed by atoms with Gasteiger partial charge in [0.25, 0.3) is 0 Å². The van der Waals surface area contributed by atoms with Crippen molar-refractivity contribution < 1.29 is 4.21 Å². The Hall–Kier alpha value is -2.68. The van der Waals surface area contributed by atoms with Crippen LogP contribution in [-0.4, -0.2) is 35.5 Å². The molecule has 3 N–H and O–H groups in total. The number of nitrogens with zero attached hydrogens (tertiary/aromatic N) is 3. The first-order chi connectivity index (χ1) is 12.8. The average Bonchev–Trinajstić information content (AvgIpc) is 2.92. The number of aromatic amines is 1. The summed E-state index contributed by atoms with van der Waals surface area (Å²) < 4.78 is 22.4. The van der Waals surface area contributed by atoms with Crippen LogP contribution in [0.1, 0.15) is 32.8 Å². The summed E-state index contributed by atoms with van der Waals surface area (Å²) in [7, 11) is -3.13. The van der Waals surface area contributed by atoms with Crippen molar-refractivity contribution in [3.05, 3.63) is 46.4 Å². The van der Waals surface area contributed by atoms with Crippen LogP contribution in [0.2, 0.25) is 0 Å². The molecule has 8 nitrogen and oxygen atoms in total. The largest absolute Gasteiger partial charge is 0.366 e. The summed E-state index contributed by atoms with van der Waals surface area (Å²) in [6.45, 7) is 6.07. The molecule has 9 heteroatoms. The Morgan fingerprint density at radius 2 is 1.96 bits per heavy atom. The lowest BCUT2D eigenvalue weighted by atomic mass is 10.2. The summed E-state index contributed by atoms with van der Waals surface area (Å²) >= 11 is 0. The summed E-state index contributed by atoms with van der Waals surface area (Å²) in [5.74, 6) is 0.567. The summed E-state index contributed by atoms with van der Waals surface area (Å²) in [4.78, 5) is 24.1. The molecule has 0 saturated carbocycles. The molecule has 27 heavy (non-hydrogen) atoms. The number of fused-ring (bicyclic) bond motifs is 1. The van der Waals surface area contributed by atoms with Crippen molar-refractivity contribution >= 4 is 26.7 Å². The third-order valence-corrected chi connectivity index (χ3v) is 5.75. The van der Waals surface area contributed by atoms with Crippen LogP contribution in [0.15, 0.2) is 40.3 Å². The SMILES string of the molecule is CCCS(=N)(=O)c1nc(NC(C)C)c2[nH]c(=O)n(Cc3ccccc3)c2n1. The van der Waals surface area contributed by atoms with Gasteiger partial charge in [-0.1, -0.05) is 37.3 Å². The molecule has 0 fully saturated rings.